The smallest absolute Gasteiger partial charge is 0.399 e. The van der Waals surface area contributed by atoms with Crippen LogP contribution in [-0.2, 0) is 9.31 Å². The van der Waals surface area contributed by atoms with E-state index < -0.39 is 0 Å². The maximum absolute atomic E-state index is 13.0. The van der Waals surface area contributed by atoms with Crippen molar-refractivity contribution in [3.63, 3.8) is 0 Å². The number of amides is 2. The summed E-state index contributed by atoms with van der Waals surface area (Å²) in [5.74, 6) is -0.230. The Labute approximate surface area is 447 Å². The molecule has 2 amide bonds. The molecule has 8 N–H and O–H groups in total. The van der Waals surface area contributed by atoms with Crippen LogP contribution >= 0.6 is 11.6 Å². The number of fused-ring (bicyclic) bond motifs is 2. The van der Waals surface area contributed by atoms with Crippen LogP contribution in [0.5, 0.6) is 0 Å². The van der Waals surface area contributed by atoms with Gasteiger partial charge >= 0.3 is 7.12 Å². The van der Waals surface area contributed by atoms with E-state index in [1.807, 2.05) is 94.4 Å². The van der Waals surface area contributed by atoms with Crippen LogP contribution < -0.4 is 38.2 Å². The number of benzene rings is 4. The third-order valence-corrected chi connectivity index (χ3v) is 14.2. The molecule has 390 valence electrons. The van der Waals surface area contributed by atoms with E-state index in [2.05, 4.69) is 75.1 Å². The zero-order valence-electron chi connectivity index (χ0n) is 43.4. The fraction of sp³-hybridized carbons (Fsp3) is 0.286. The molecule has 0 aliphatic carbocycles. The summed E-state index contributed by atoms with van der Waals surface area (Å²) in [5, 5.41) is 13.3. The number of likely N-dealkylation sites (tertiary alicyclic amines) is 2. The number of nitrogens with zero attached hydrogens (tertiary/aromatic N) is 8. The maximum Gasteiger partial charge on any atom is 0.494 e. The number of nitrogen functional groups attached to an aromatic ring is 2. The normalized spacial score (nSPS) is 17.8. The molecule has 7 heterocycles. The van der Waals surface area contributed by atoms with Crippen LogP contribution in [0.25, 0.3) is 33.2 Å². The first-order chi connectivity index (χ1) is 36.5. The maximum atomic E-state index is 13.0. The summed E-state index contributed by atoms with van der Waals surface area (Å²) in [6, 6.07) is 26.5. The van der Waals surface area contributed by atoms with E-state index in [1.54, 1.807) is 67.8 Å². The topological polar surface area (TPSA) is 237 Å². The van der Waals surface area contributed by atoms with Crippen molar-refractivity contribution in [3.05, 3.63) is 151 Å². The first kappa shape index (κ1) is 53.0. The standard InChI is InChI=1S/C25H25N7O.C19H19ClN6O.C12H18BNO2/c1-32-11-7-18(15-32)31-25(33)20-6-8-27-14-23(20)30-19-12-21(16-2-4-17(26)5-3-16)24-22(13-19)28-9-10-29-24;1-26-7-3-12(11-26)25-19(27)14-2-4-21-10-17(14)24-13-8-15(20)18-16(9-13)22-5-6-23-18;1-11(2)12(3,4)16-13(15-11)9-5-7-10(14)8-6-9/h2-6,8-10,12-14,18,30H,7,11,15,26H2,1H3,(H,31,33);2,4-6,8-10,12,24H,3,7,11H2,1H3,(H,25,27);5-8H,14H2,1-4H3. The van der Waals surface area contributed by atoms with Gasteiger partial charge in [0.05, 0.1) is 67.7 Å². The van der Waals surface area contributed by atoms with Crippen LogP contribution in [0.2, 0.25) is 5.02 Å². The number of hydrogen-bond donors (Lipinski definition) is 6. The minimum atomic E-state index is -0.300. The van der Waals surface area contributed by atoms with Crippen molar-refractivity contribution < 1.29 is 18.9 Å². The largest absolute Gasteiger partial charge is 0.494 e. The lowest BCUT2D eigenvalue weighted by molar-refractivity contribution is 0.00578. The molecule has 3 fully saturated rings. The van der Waals surface area contributed by atoms with E-state index in [1.165, 1.54) is 0 Å². The number of nitrogens with two attached hydrogens (primary N) is 2. The van der Waals surface area contributed by atoms with Gasteiger partial charge in [-0.25, -0.2) is 0 Å². The van der Waals surface area contributed by atoms with Gasteiger partial charge in [-0.1, -0.05) is 35.9 Å². The monoisotopic (exact) mass is 1040 g/mol. The molecule has 4 aromatic carbocycles. The van der Waals surface area contributed by atoms with Gasteiger partial charge in [-0.2, -0.15) is 0 Å². The quantitative estimate of drug-likeness (QED) is 0.0564. The Kier molecular flexibility index (Phi) is 16.0. The van der Waals surface area contributed by atoms with E-state index in [-0.39, 0.29) is 42.2 Å². The lowest BCUT2D eigenvalue weighted by Gasteiger charge is -2.32. The van der Waals surface area contributed by atoms with Crippen LogP contribution in [0, 0.1) is 0 Å². The highest BCUT2D eigenvalue weighted by Gasteiger charge is 2.51. The van der Waals surface area contributed by atoms with E-state index in [4.69, 9.17) is 32.4 Å². The summed E-state index contributed by atoms with van der Waals surface area (Å²) in [5.41, 5.74) is 22.0. The Hall–Kier alpha value is -7.81. The number of rotatable bonds is 10. The Morgan fingerprint density at radius 1 is 0.618 bits per heavy atom. The highest BCUT2D eigenvalue weighted by atomic mass is 35.5. The molecule has 20 heteroatoms. The van der Waals surface area contributed by atoms with Crippen LogP contribution in [-0.4, -0.2) is 122 Å². The van der Waals surface area contributed by atoms with Gasteiger partial charge < -0.3 is 51.8 Å². The highest BCUT2D eigenvalue weighted by molar-refractivity contribution is 6.62. The molecule has 76 heavy (non-hydrogen) atoms. The van der Waals surface area contributed by atoms with Crippen molar-refractivity contribution >= 4 is 92.2 Å². The molecule has 4 aromatic heterocycles. The number of aromatic nitrogens is 6. The van der Waals surface area contributed by atoms with Crippen molar-refractivity contribution in [2.45, 2.75) is 63.8 Å². The number of likely N-dealkylation sites (N-methyl/N-ethyl adjacent to an activating group) is 2. The molecule has 2 atom stereocenters. The predicted molar refractivity (Wildman–Crippen MR) is 302 cm³/mol. The molecule has 0 spiro atoms. The van der Waals surface area contributed by atoms with E-state index in [0.717, 1.165) is 83.7 Å². The number of pyridine rings is 2. The summed E-state index contributed by atoms with van der Waals surface area (Å²) < 4.78 is 11.9. The van der Waals surface area contributed by atoms with Crippen molar-refractivity contribution in [2.24, 2.45) is 0 Å². The van der Waals surface area contributed by atoms with Crippen LogP contribution in [0.3, 0.4) is 0 Å². The fourth-order valence-corrected chi connectivity index (χ4v) is 9.36. The van der Waals surface area contributed by atoms with E-state index in [9.17, 15) is 9.59 Å². The number of halogens is 1. The van der Waals surface area contributed by atoms with Gasteiger partial charge in [0.15, 0.2) is 0 Å². The Balaban J connectivity index is 0.000000148. The van der Waals surface area contributed by atoms with Gasteiger partial charge in [0.25, 0.3) is 11.8 Å². The van der Waals surface area contributed by atoms with Crippen molar-refractivity contribution in [2.75, 3.05) is 62.4 Å². The van der Waals surface area contributed by atoms with Gasteiger partial charge in [0, 0.05) is 90.7 Å². The van der Waals surface area contributed by atoms with Crippen molar-refractivity contribution in [1.82, 2.24) is 50.3 Å². The molecule has 0 saturated carbocycles. The lowest BCUT2D eigenvalue weighted by atomic mass is 9.79. The summed E-state index contributed by atoms with van der Waals surface area (Å²) >= 11 is 6.32. The van der Waals surface area contributed by atoms with Gasteiger partial charge in [0.2, 0.25) is 0 Å². The van der Waals surface area contributed by atoms with Gasteiger partial charge in [-0.3, -0.25) is 39.5 Å². The molecule has 11 rings (SSSR count). The second-order valence-electron chi connectivity index (χ2n) is 20.2. The van der Waals surface area contributed by atoms with Crippen LogP contribution in [0.4, 0.5) is 34.1 Å². The van der Waals surface area contributed by atoms with Gasteiger partial charge in [0.1, 0.15) is 5.52 Å². The Morgan fingerprint density at radius 3 is 1.58 bits per heavy atom. The minimum absolute atomic E-state index is 0.112. The molecular formula is C56H62BClN14O4. The molecule has 2 unspecified atom stereocenters. The van der Waals surface area contributed by atoms with E-state index in [0.29, 0.717) is 44.2 Å². The Bertz CT molecular complexity index is 3340. The summed E-state index contributed by atoms with van der Waals surface area (Å²) in [7, 11) is 3.82. The molecule has 3 saturated heterocycles. The average molecular weight is 1040 g/mol. The molecule has 0 radical (unpaired) electrons. The minimum Gasteiger partial charge on any atom is -0.399 e. The van der Waals surface area contributed by atoms with Crippen molar-refractivity contribution in [3.8, 4) is 11.1 Å². The predicted octanol–water partition coefficient (Wildman–Crippen LogP) is 7.88. The molecule has 3 aliphatic rings. The number of carbonyl (C=O) groups is 2. The third kappa shape index (κ3) is 12.6. The first-order valence-electron chi connectivity index (χ1n) is 25.1. The van der Waals surface area contributed by atoms with Gasteiger partial charge in [-0.05, 0) is 139 Å². The number of anilines is 6. The number of nitrogens with one attached hydrogen (secondary N) is 4. The number of carbonyl (C=O) groups excluding carboxylic acids is 2. The molecule has 8 aromatic rings. The summed E-state index contributed by atoms with van der Waals surface area (Å²) in [6.45, 7) is 11.9. The SMILES string of the molecule is CC1(C)OB(c2ccc(N)cc2)OC1(C)C.CN1CCC(NC(=O)c2ccncc2Nc2cc(-c3ccc(N)cc3)c3nccnc3c2)C1.CN1CCC(NC(=O)c2ccncc2Nc2cc(Cl)c3nccnc3c2)C1. The molecule has 3 aliphatic heterocycles. The Morgan fingerprint density at radius 2 is 1.08 bits per heavy atom. The second kappa shape index (κ2) is 23.0. The zero-order valence-corrected chi connectivity index (χ0v) is 44.2. The fourth-order valence-electron chi connectivity index (χ4n) is 9.09. The van der Waals surface area contributed by atoms with Crippen molar-refractivity contribution in [1.29, 1.82) is 0 Å². The van der Waals surface area contributed by atoms with E-state index >= 15 is 0 Å². The molecule has 18 nitrogen and oxygen atoms in total. The first-order valence-corrected chi connectivity index (χ1v) is 25.5. The average Bonchev–Trinajstić information content (AvgIpc) is 4.09. The molecule has 0 bridgehead atoms. The highest BCUT2D eigenvalue weighted by Crippen LogP contribution is 2.37. The summed E-state index contributed by atoms with van der Waals surface area (Å²) in [6.07, 6.45) is 15.0. The lowest BCUT2D eigenvalue weighted by Crippen LogP contribution is -2.41. The van der Waals surface area contributed by atoms with Gasteiger partial charge in [-0.15, -0.1) is 0 Å². The van der Waals surface area contributed by atoms with Crippen LogP contribution in [0.15, 0.2) is 135 Å². The third-order valence-electron chi connectivity index (χ3n) is 13.9. The second-order valence-corrected chi connectivity index (χ2v) is 20.6. The number of hydrogen-bond acceptors (Lipinski definition) is 16. The zero-order chi connectivity index (χ0) is 53.6. The molecular weight excluding hydrogens is 979 g/mol. The summed E-state index contributed by atoms with van der Waals surface area (Å²) in [4.78, 5) is 56.1. The van der Waals surface area contributed by atoms with Crippen LogP contribution in [0.1, 0.15) is 61.3 Å².